The van der Waals surface area contributed by atoms with Gasteiger partial charge in [0.1, 0.15) is 60.7 Å². The monoisotopic (exact) mass is 2000 g/mol. The number of aromatic amines is 3. The number of H-pyrrole nitrogens is 3. The van der Waals surface area contributed by atoms with Gasteiger partial charge in [-0.1, -0.05) is 83.1 Å². The predicted octanol–water partition coefficient (Wildman–Crippen LogP) is 10.3. The molecule has 3 unspecified atom stereocenters. The van der Waals surface area contributed by atoms with Crippen molar-refractivity contribution in [2.45, 2.75) is 312 Å². The Balaban J connectivity index is 0.000000202. The van der Waals surface area contributed by atoms with Crippen LogP contribution in [0.5, 0.6) is 0 Å². The molecule has 135 heavy (non-hydrogen) atoms. The highest BCUT2D eigenvalue weighted by Gasteiger charge is 2.56. The Morgan fingerprint density at radius 2 is 0.630 bits per heavy atom. The number of ether oxygens (including phenoxy) is 13. The van der Waals surface area contributed by atoms with E-state index in [1.165, 1.54) is 37.0 Å². The maximum absolute atomic E-state index is 12.9. The Morgan fingerprint density at radius 3 is 0.904 bits per heavy atom. The summed E-state index contributed by atoms with van der Waals surface area (Å²) in [5.41, 5.74) is 20.8. The van der Waals surface area contributed by atoms with Crippen LogP contribution in [0.1, 0.15) is 217 Å². The molecule has 51 heteroatoms. The average Bonchev–Trinajstić information content (AvgIpc) is 1.67. The lowest BCUT2D eigenvalue weighted by atomic mass is 9.87. The number of nitrogens with zero attached hydrogens (tertiary/aromatic N) is 13. The van der Waals surface area contributed by atoms with Crippen LogP contribution in [-0.4, -0.2) is 270 Å². The fraction of sp³-hybridized carbons (Fsp3) is 0.762. The lowest BCUT2D eigenvalue weighted by Crippen LogP contribution is -2.43. The largest absolute Gasteiger partial charge is 0.473 e. The van der Waals surface area contributed by atoms with Crippen molar-refractivity contribution in [3.05, 3.63) is 62.7 Å². The number of nitrogen functional groups attached to an aromatic ring is 4. The van der Waals surface area contributed by atoms with Gasteiger partial charge in [-0.25, -0.2) is 34.5 Å². The number of hydrogen-bond acceptors (Lipinski definition) is 38. The summed E-state index contributed by atoms with van der Waals surface area (Å²) in [6.07, 6.45) is -0.649. The van der Waals surface area contributed by atoms with E-state index in [4.69, 9.17) is 135 Å². The molecule has 14 N–H and O–H groups in total. The number of aromatic nitrogens is 16. The lowest BCUT2D eigenvalue weighted by molar-refractivity contribution is -0.134. The number of anilines is 4. The number of imidazole rings is 4. The van der Waals surface area contributed by atoms with Gasteiger partial charge in [-0.2, -0.15) is 15.0 Å². The van der Waals surface area contributed by atoms with Gasteiger partial charge in [-0.15, -0.1) is 0 Å². The summed E-state index contributed by atoms with van der Waals surface area (Å²) in [6.45, 7) is 41.9. The van der Waals surface area contributed by atoms with E-state index in [0.717, 1.165) is 6.42 Å². The SMILES string of the molecule is COCCO[C@@H]1[C@H](OC(C)(C)C)[C@@H](CC(C)(C)C)O[C@H]1n1cnc2c(=O)[nH]c(N)nc21.COCCO[C@@H]1[C@H](OP(=O)(O)OC(C)(C)C)[C@@H](CC(C)(C)C)O[C@H]1n1cnc2c(=O)[nH]c(N)nc21.COCCO[C@@H]1[C@H](OP(O)(=S)OC(C)(C)C)[C@@H](CC(C)(C)C)O[C@H]1n1cnc2c(=O)[nH]c(N)nc21.COCCO[C@@H]1[C@H](OP(O)(=S)OC(C)(C)C)[C@@H](CC(C)(C)C)O[C@H]1n1cnc2c(N)ncnc21. The molecule has 4 fully saturated rings. The van der Waals surface area contributed by atoms with E-state index < -0.39 is 146 Å². The Kier molecular flexibility index (Phi) is 37.5. The second-order valence-corrected chi connectivity index (χ2v) is 48.7. The van der Waals surface area contributed by atoms with E-state index in [-0.39, 0.29) is 112 Å². The first kappa shape index (κ1) is 112. The number of phosphoric acid groups is 1. The summed E-state index contributed by atoms with van der Waals surface area (Å²) >= 11 is 10.7. The fourth-order valence-corrected chi connectivity index (χ4v) is 21.4. The summed E-state index contributed by atoms with van der Waals surface area (Å²) in [5, 5.41) is 0. The number of nitrogens with two attached hydrogens (primary N) is 4. The molecule has 4 saturated heterocycles. The fourth-order valence-electron chi connectivity index (χ4n) is 15.5. The van der Waals surface area contributed by atoms with Crippen LogP contribution in [0.4, 0.5) is 23.7 Å². The second-order valence-electron chi connectivity index (χ2n) is 42.0. The van der Waals surface area contributed by atoms with Gasteiger partial charge in [0.05, 0.1) is 125 Å². The first-order valence-electron chi connectivity index (χ1n) is 44.3. The van der Waals surface area contributed by atoms with Gasteiger partial charge < -0.3 is 108 Å². The number of methoxy groups -OCH3 is 4. The van der Waals surface area contributed by atoms with Gasteiger partial charge in [-0.05, 0) is 154 Å². The highest BCUT2D eigenvalue weighted by molar-refractivity contribution is 8.07. The second kappa shape index (κ2) is 45.2. The minimum absolute atomic E-state index is 0.00691. The minimum Gasteiger partial charge on any atom is -0.382 e. The zero-order valence-electron chi connectivity index (χ0n) is 82.6. The molecule has 762 valence electrons. The number of hydrogen-bond donors (Lipinski definition) is 10. The molecule has 0 saturated carbocycles. The van der Waals surface area contributed by atoms with Gasteiger partial charge in [-0.3, -0.25) is 65.7 Å². The van der Waals surface area contributed by atoms with Crippen LogP contribution in [0.15, 0.2) is 46.0 Å². The summed E-state index contributed by atoms with van der Waals surface area (Å²) in [4.78, 5) is 115. The molecule has 0 amide bonds. The van der Waals surface area contributed by atoms with Crippen LogP contribution in [0.2, 0.25) is 0 Å². The molecule has 8 aromatic heterocycles. The van der Waals surface area contributed by atoms with E-state index in [1.54, 1.807) is 82.9 Å². The molecule has 8 aromatic rings. The van der Waals surface area contributed by atoms with Gasteiger partial charge >= 0.3 is 21.3 Å². The first-order chi connectivity index (χ1) is 62.3. The molecule has 4 aliphatic heterocycles. The van der Waals surface area contributed by atoms with Crippen molar-refractivity contribution in [1.82, 2.24) is 78.1 Å². The van der Waals surface area contributed by atoms with E-state index in [9.17, 15) is 33.6 Å². The molecule has 46 nitrogen and oxygen atoms in total. The van der Waals surface area contributed by atoms with Crippen LogP contribution in [0.3, 0.4) is 0 Å². The number of phosphoric ester groups is 1. The molecule has 19 atom stereocenters. The van der Waals surface area contributed by atoms with Crippen molar-refractivity contribution in [2.24, 2.45) is 21.7 Å². The summed E-state index contributed by atoms with van der Waals surface area (Å²) in [6, 6.07) is 0. The standard InChI is InChI=1S/C21H36N5O8P.C21H36N5O7PS.C21H36N5O6PS.C21H35N5O5/c1-20(2,3)10-12-14(33-35(28,29)34-21(4,5)6)15(31-9-8-30-7)18(32-12)26-11-23-13-16(26)24-19(22)25-17(13)27;1-20(2,3)10-12-14(32-34(28,35)33-21(4,5)6)15(30-9-8-29-7)18(31-12)26-11-23-13-16(26)24-19(22)25-17(13)27;1-20(2,3)10-13-15(31-33(27,34)32-21(4,5)6)16(29-9-8-28-7)19(30-13)26-12-25-14-17(22)23-11-24-18(14)26;1-20(2,3)10-12-14(31-21(4,5)6)15(29-9-8-28-7)18(30-12)26-11-23-13-16(26)24-19(22)25-17(13)27/h11-12,14-15,18H,8-10H2,1-7H3,(H,28,29)(H3,22,24,25,27);11-12,14-15,18H,8-10H2,1-7H3,(H,28,35)(H3,22,24,25,27);11-13,15-16,19H,8-10H2,1-7H3,(H,27,34)(H2,22,23,24);11-12,14-15,18H,8-10H2,1-7H3,(H3,22,24,25,27)/t12-,14-,15-,18-;12-,14-,15-,18-,34?;13-,15-,16-,19-,33?;12-,14-,15-,18-/m1111/s1. The third-order valence-corrected chi connectivity index (χ3v) is 24.9. The average molecular weight is 2010 g/mol. The molecule has 12 rings (SSSR count). The van der Waals surface area contributed by atoms with Crippen molar-refractivity contribution >= 4 is 113 Å². The maximum Gasteiger partial charge on any atom is 0.473 e. The molecule has 12 heterocycles. The Morgan fingerprint density at radius 1 is 0.363 bits per heavy atom. The van der Waals surface area contributed by atoms with Crippen LogP contribution >= 0.6 is 21.3 Å². The maximum atomic E-state index is 12.9. The predicted molar refractivity (Wildman–Crippen MR) is 510 cm³/mol. The van der Waals surface area contributed by atoms with Crippen LogP contribution in [-0.2, 0) is 117 Å². The quantitative estimate of drug-likeness (QED) is 0.0132. The molecule has 0 radical (unpaired) electrons. The van der Waals surface area contributed by atoms with E-state index in [1.807, 2.05) is 62.3 Å². The van der Waals surface area contributed by atoms with Crippen molar-refractivity contribution in [2.75, 3.05) is 104 Å². The third-order valence-electron chi connectivity index (χ3n) is 20.0. The van der Waals surface area contributed by atoms with Gasteiger partial charge in [0.15, 0.2) is 69.9 Å². The minimum atomic E-state index is -4.52. The van der Waals surface area contributed by atoms with Crippen LogP contribution < -0.4 is 39.6 Å². The first-order valence-corrected chi connectivity index (χ1v) is 51.0. The summed E-state index contributed by atoms with van der Waals surface area (Å²) < 4.78 is 132. The van der Waals surface area contributed by atoms with E-state index in [0.29, 0.717) is 62.5 Å². The molecular weight excluding hydrogens is 1860 g/mol. The van der Waals surface area contributed by atoms with Crippen LogP contribution in [0, 0.1) is 21.7 Å². The van der Waals surface area contributed by atoms with Gasteiger partial charge in [0, 0.05) is 28.4 Å². The zero-order valence-corrected chi connectivity index (χ0v) is 86.9. The summed E-state index contributed by atoms with van der Waals surface area (Å²) in [5.74, 6) is 0.143. The number of rotatable bonds is 34. The smallest absolute Gasteiger partial charge is 0.382 e. The van der Waals surface area contributed by atoms with Gasteiger partial charge in [0.2, 0.25) is 17.8 Å². The molecule has 0 bridgehead atoms. The number of fused-ring (bicyclic) bond motifs is 4. The third kappa shape index (κ3) is 32.2. The molecule has 0 aliphatic carbocycles. The number of nitrogens with one attached hydrogen (secondary N) is 3. The molecule has 0 spiro atoms. The molecular formula is C84H143N20O26P3S2. The van der Waals surface area contributed by atoms with E-state index >= 15 is 0 Å². The highest BCUT2D eigenvalue weighted by Crippen LogP contribution is 2.57. The van der Waals surface area contributed by atoms with E-state index in [2.05, 4.69) is 122 Å². The Bertz CT molecular complexity index is 5380. The normalized spacial score (nSPS) is 25.3. The molecule has 4 aliphatic rings. The van der Waals surface area contributed by atoms with Crippen molar-refractivity contribution in [1.29, 1.82) is 0 Å². The Labute approximate surface area is 796 Å². The van der Waals surface area contributed by atoms with Crippen LogP contribution in [0.25, 0.3) is 44.7 Å². The van der Waals surface area contributed by atoms with Crippen molar-refractivity contribution < 1.29 is 108 Å². The highest BCUT2D eigenvalue weighted by atomic mass is 32.5. The Hall–Kier alpha value is -6.55. The van der Waals surface area contributed by atoms with Gasteiger partial charge in [0.25, 0.3) is 16.7 Å². The van der Waals surface area contributed by atoms with Crippen molar-refractivity contribution in [3.63, 3.8) is 0 Å². The molecule has 0 aromatic carbocycles. The summed E-state index contributed by atoms with van der Waals surface area (Å²) in [7, 11) is 1.80. The lowest BCUT2D eigenvalue weighted by Gasteiger charge is -2.33. The zero-order chi connectivity index (χ0) is 101. The van der Waals surface area contributed by atoms with Crippen molar-refractivity contribution in [3.8, 4) is 0 Å². The topological polar surface area (TPSA) is 592 Å².